The summed E-state index contributed by atoms with van der Waals surface area (Å²) in [5, 5.41) is 12.0. The summed E-state index contributed by atoms with van der Waals surface area (Å²) in [7, 11) is 0. The smallest absolute Gasteiger partial charge is 0.237 e. The molecule has 0 fully saturated rings. The van der Waals surface area contributed by atoms with Gasteiger partial charge in [-0.3, -0.25) is 4.79 Å². The SMILES string of the molecule is CC(C)[C@H](N)C(=O)NCc1cccc(O)c1.Cl. The van der Waals surface area contributed by atoms with Gasteiger partial charge in [0.1, 0.15) is 5.75 Å². The maximum atomic E-state index is 11.5. The second kappa shape index (κ2) is 7.14. The zero-order valence-corrected chi connectivity index (χ0v) is 10.8. The van der Waals surface area contributed by atoms with E-state index in [-0.39, 0.29) is 30.0 Å². The molecule has 0 heterocycles. The van der Waals surface area contributed by atoms with Crippen molar-refractivity contribution in [3.05, 3.63) is 29.8 Å². The van der Waals surface area contributed by atoms with Gasteiger partial charge in [-0.2, -0.15) is 0 Å². The van der Waals surface area contributed by atoms with Crippen molar-refractivity contribution in [3.63, 3.8) is 0 Å². The van der Waals surface area contributed by atoms with Gasteiger partial charge in [0.15, 0.2) is 0 Å². The number of amides is 1. The van der Waals surface area contributed by atoms with Gasteiger partial charge in [0.05, 0.1) is 6.04 Å². The fourth-order valence-electron chi connectivity index (χ4n) is 1.28. The normalized spacial score (nSPS) is 11.8. The van der Waals surface area contributed by atoms with Gasteiger partial charge < -0.3 is 16.2 Å². The Morgan fingerprint density at radius 3 is 2.65 bits per heavy atom. The molecule has 0 unspecified atom stereocenters. The lowest BCUT2D eigenvalue weighted by Gasteiger charge is -2.15. The number of rotatable bonds is 4. The van der Waals surface area contributed by atoms with E-state index in [9.17, 15) is 9.90 Å². The third-order valence-electron chi connectivity index (χ3n) is 2.40. The molecule has 0 radical (unpaired) electrons. The highest BCUT2D eigenvalue weighted by Crippen LogP contribution is 2.10. The Bertz CT molecular complexity index is 369. The van der Waals surface area contributed by atoms with Crippen LogP contribution in [0.2, 0.25) is 0 Å². The van der Waals surface area contributed by atoms with E-state index in [0.29, 0.717) is 6.54 Å². The summed E-state index contributed by atoms with van der Waals surface area (Å²) >= 11 is 0. The number of nitrogens with two attached hydrogens (primary N) is 1. The van der Waals surface area contributed by atoms with Crippen LogP contribution in [0.15, 0.2) is 24.3 Å². The third-order valence-corrected chi connectivity index (χ3v) is 2.40. The van der Waals surface area contributed by atoms with Crippen LogP contribution in [0.4, 0.5) is 0 Å². The number of nitrogens with one attached hydrogen (secondary N) is 1. The van der Waals surface area contributed by atoms with Crippen LogP contribution in [0.5, 0.6) is 5.75 Å². The number of hydrogen-bond donors (Lipinski definition) is 3. The number of benzene rings is 1. The minimum Gasteiger partial charge on any atom is -0.508 e. The second-order valence-electron chi connectivity index (χ2n) is 4.16. The highest BCUT2D eigenvalue weighted by molar-refractivity contribution is 5.85. The molecule has 0 aliphatic carbocycles. The van der Waals surface area contributed by atoms with Gasteiger partial charge in [-0.25, -0.2) is 0 Å². The van der Waals surface area contributed by atoms with Gasteiger partial charge in [0.2, 0.25) is 5.91 Å². The molecule has 5 heteroatoms. The first-order valence-electron chi connectivity index (χ1n) is 5.32. The Balaban J connectivity index is 0.00000256. The number of hydrogen-bond acceptors (Lipinski definition) is 3. The van der Waals surface area contributed by atoms with Crippen LogP contribution in [0.25, 0.3) is 0 Å². The summed E-state index contributed by atoms with van der Waals surface area (Å²) in [5.74, 6) is 0.141. The monoisotopic (exact) mass is 258 g/mol. The summed E-state index contributed by atoms with van der Waals surface area (Å²) in [6.45, 7) is 4.19. The summed E-state index contributed by atoms with van der Waals surface area (Å²) in [6, 6.07) is 6.28. The Kier molecular flexibility index (Phi) is 6.61. The van der Waals surface area contributed by atoms with Crippen LogP contribution < -0.4 is 11.1 Å². The van der Waals surface area contributed by atoms with Gasteiger partial charge in [0, 0.05) is 6.54 Å². The highest BCUT2D eigenvalue weighted by Gasteiger charge is 2.16. The zero-order chi connectivity index (χ0) is 12.1. The van der Waals surface area contributed by atoms with Crippen LogP contribution in [-0.2, 0) is 11.3 Å². The Hall–Kier alpha value is -1.26. The fourth-order valence-corrected chi connectivity index (χ4v) is 1.28. The van der Waals surface area contributed by atoms with Gasteiger partial charge in [0.25, 0.3) is 0 Å². The number of carbonyl (C=O) groups is 1. The van der Waals surface area contributed by atoms with Crippen LogP contribution >= 0.6 is 12.4 Å². The van der Waals surface area contributed by atoms with E-state index >= 15 is 0 Å². The van der Waals surface area contributed by atoms with E-state index in [4.69, 9.17) is 5.73 Å². The summed E-state index contributed by atoms with van der Waals surface area (Å²) < 4.78 is 0. The predicted molar refractivity (Wildman–Crippen MR) is 70.0 cm³/mol. The average Bonchev–Trinajstić information content (AvgIpc) is 2.24. The molecule has 4 N–H and O–H groups in total. The molecule has 0 aromatic heterocycles. The maximum Gasteiger partial charge on any atom is 0.237 e. The van der Waals surface area contributed by atoms with Crippen molar-refractivity contribution < 1.29 is 9.90 Å². The molecule has 1 aromatic carbocycles. The highest BCUT2D eigenvalue weighted by atomic mass is 35.5. The van der Waals surface area contributed by atoms with Crippen molar-refractivity contribution in [2.24, 2.45) is 11.7 Å². The van der Waals surface area contributed by atoms with Gasteiger partial charge >= 0.3 is 0 Å². The van der Waals surface area contributed by atoms with Gasteiger partial charge in [-0.05, 0) is 23.6 Å². The molecule has 1 aromatic rings. The first-order chi connectivity index (χ1) is 7.50. The topological polar surface area (TPSA) is 75.4 Å². The first kappa shape index (κ1) is 15.7. The minimum atomic E-state index is -0.489. The van der Waals surface area contributed by atoms with E-state index in [1.807, 2.05) is 19.9 Å². The number of aromatic hydroxyl groups is 1. The van der Waals surface area contributed by atoms with Crippen molar-refractivity contribution in [2.45, 2.75) is 26.4 Å². The largest absolute Gasteiger partial charge is 0.508 e. The number of carbonyl (C=O) groups excluding carboxylic acids is 1. The molecular formula is C12H19ClN2O2. The quantitative estimate of drug-likeness (QED) is 0.764. The first-order valence-corrected chi connectivity index (χ1v) is 5.32. The van der Waals surface area contributed by atoms with Crippen LogP contribution in [0.1, 0.15) is 19.4 Å². The molecule has 1 amide bonds. The summed E-state index contributed by atoms with van der Waals surface area (Å²) in [5.41, 5.74) is 6.54. The third kappa shape index (κ3) is 5.06. The van der Waals surface area contributed by atoms with E-state index in [0.717, 1.165) is 5.56 Å². The lowest BCUT2D eigenvalue weighted by atomic mass is 10.0. The molecule has 1 atom stereocenters. The molecule has 17 heavy (non-hydrogen) atoms. The van der Waals surface area contributed by atoms with E-state index in [1.165, 1.54) is 0 Å². The number of halogens is 1. The molecule has 96 valence electrons. The molecule has 0 bridgehead atoms. The van der Waals surface area contributed by atoms with E-state index in [2.05, 4.69) is 5.32 Å². The Morgan fingerprint density at radius 2 is 2.12 bits per heavy atom. The predicted octanol–water partition coefficient (Wildman–Crippen LogP) is 1.41. The molecule has 0 saturated heterocycles. The fraction of sp³-hybridized carbons (Fsp3) is 0.417. The van der Waals surface area contributed by atoms with Gasteiger partial charge in [-0.1, -0.05) is 26.0 Å². The van der Waals surface area contributed by atoms with Crippen molar-refractivity contribution in [1.29, 1.82) is 0 Å². The molecule has 0 spiro atoms. The summed E-state index contributed by atoms with van der Waals surface area (Å²) in [6.07, 6.45) is 0. The number of phenolic OH excluding ortho intramolecular Hbond substituents is 1. The van der Waals surface area contributed by atoms with Gasteiger partial charge in [-0.15, -0.1) is 12.4 Å². The van der Waals surface area contributed by atoms with E-state index < -0.39 is 6.04 Å². The zero-order valence-electron chi connectivity index (χ0n) is 10.0. The molecule has 4 nitrogen and oxygen atoms in total. The van der Waals surface area contributed by atoms with Crippen molar-refractivity contribution in [3.8, 4) is 5.75 Å². The van der Waals surface area contributed by atoms with Crippen LogP contribution in [0, 0.1) is 5.92 Å². The molecule has 0 saturated carbocycles. The van der Waals surface area contributed by atoms with Crippen LogP contribution in [-0.4, -0.2) is 17.1 Å². The Morgan fingerprint density at radius 1 is 1.47 bits per heavy atom. The number of phenols is 1. The molecule has 0 aliphatic heterocycles. The Labute approximate surface area is 108 Å². The summed E-state index contributed by atoms with van der Waals surface area (Å²) in [4.78, 5) is 11.5. The maximum absolute atomic E-state index is 11.5. The molecule has 1 rings (SSSR count). The second-order valence-corrected chi connectivity index (χ2v) is 4.16. The molecule has 0 aliphatic rings. The molecular weight excluding hydrogens is 240 g/mol. The van der Waals surface area contributed by atoms with E-state index in [1.54, 1.807) is 18.2 Å². The lowest BCUT2D eigenvalue weighted by molar-refractivity contribution is -0.123. The lowest BCUT2D eigenvalue weighted by Crippen LogP contribution is -2.43. The van der Waals surface area contributed by atoms with Crippen LogP contribution in [0.3, 0.4) is 0 Å². The van der Waals surface area contributed by atoms with Crippen molar-refractivity contribution >= 4 is 18.3 Å². The van der Waals surface area contributed by atoms with Crippen molar-refractivity contribution in [2.75, 3.05) is 0 Å². The standard InChI is InChI=1S/C12H18N2O2.ClH/c1-8(2)11(13)12(16)14-7-9-4-3-5-10(15)6-9;/h3-6,8,11,15H,7,13H2,1-2H3,(H,14,16);1H/t11-;/m0./s1. The van der Waals surface area contributed by atoms with Crippen molar-refractivity contribution in [1.82, 2.24) is 5.32 Å². The minimum absolute atomic E-state index is 0. The average molecular weight is 259 g/mol.